The van der Waals surface area contributed by atoms with Crippen LogP contribution in [0.3, 0.4) is 0 Å². The summed E-state index contributed by atoms with van der Waals surface area (Å²) in [4.78, 5) is 36.3. The maximum atomic E-state index is 12.3. The third-order valence-corrected chi connectivity index (χ3v) is 5.09. The number of ether oxygens (including phenoxy) is 1. The van der Waals surface area contributed by atoms with Crippen molar-refractivity contribution in [2.75, 3.05) is 5.32 Å². The molecule has 0 fully saturated rings. The minimum Gasteiger partial charge on any atom is -0.452 e. The lowest BCUT2D eigenvalue weighted by Crippen LogP contribution is -2.30. The Morgan fingerprint density at radius 1 is 1.14 bits per heavy atom. The molecule has 0 aliphatic rings. The van der Waals surface area contributed by atoms with E-state index in [1.165, 1.54) is 23.6 Å². The highest BCUT2D eigenvalue weighted by Crippen LogP contribution is 2.32. The maximum absolute atomic E-state index is 12.3. The summed E-state index contributed by atoms with van der Waals surface area (Å²) in [6, 6.07) is 9.66. The highest BCUT2D eigenvalue weighted by atomic mass is 35.5. The van der Waals surface area contributed by atoms with Crippen molar-refractivity contribution in [2.24, 2.45) is 0 Å². The van der Waals surface area contributed by atoms with Gasteiger partial charge in [0.15, 0.2) is 11.7 Å². The third-order valence-electron chi connectivity index (χ3n) is 4.06. The van der Waals surface area contributed by atoms with Crippen LogP contribution in [0.25, 0.3) is 11.1 Å². The number of carbonyl (C=O) groups excluding carboxylic acids is 2. The molecular weight excluding hydrogens is 443 g/mol. The van der Waals surface area contributed by atoms with Gasteiger partial charge in [-0.25, -0.2) is 4.79 Å². The first-order chi connectivity index (χ1) is 13.8. The summed E-state index contributed by atoms with van der Waals surface area (Å²) in [7, 11) is 0. The number of rotatable bonds is 6. The quantitative estimate of drug-likeness (QED) is 0.434. The number of aryl methyl sites for hydroxylation is 1. The second-order valence-corrected chi connectivity index (χ2v) is 7.33. The van der Waals surface area contributed by atoms with Crippen molar-refractivity contribution in [2.45, 2.75) is 26.0 Å². The van der Waals surface area contributed by atoms with Crippen LogP contribution in [-0.4, -0.2) is 22.5 Å². The Hall–Kier alpha value is -2.48. The number of aromatic nitrogens is 1. The van der Waals surface area contributed by atoms with Crippen molar-refractivity contribution < 1.29 is 18.7 Å². The summed E-state index contributed by atoms with van der Waals surface area (Å²) in [6.07, 6.45) is -1.21. The van der Waals surface area contributed by atoms with Gasteiger partial charge >= 0.3 is 11.7 Å². The molecule has 0 spiro atoms. The molecule has 0 aliphatic heterocycles. The summed E-state index contributed by atoms with van der Waals surface area (Å²) < 4.78 is 11.6. The molecule has 0 radical (unpaired) electrons. The number of para-hydroxylation sites is 2. The molecule has 152 valence electrons. The molecule has 10 heteroatoms. The SMILES string of the molecule is CC(OC(=O)CCn1c(=O)oc2ccccc21)C(=O)Nc1cc(Cl)c(Cl)cc1Cl. The van der Waals surface area contributed by atoms with E-state index in [4.69, 9.17) is 44.0 Å². The van der Waals surface area contributed by atoms with E-state index in [0.29, 0.717) is 11.1 Å². The topological polar surface area (TPSA) is 90.5 Å². The van der Waals surface area contributed by atoms with Crippen LogP contribution in [0.2, 0.25) is 15.1 Å². The molecule has 1 aromatic heterocycles. The predicted octanol–water partition coefficient (Wildman–Crippen LogP) is 4.52. The lowest BCUT2D eigenvalue weighted by Gasteiger charge is -2.15. The van der Waals surface area contributed by atoms with E-state index < -0.39 is 23.7 Å². The zero-order valence-corrected chi connectivity index (χ0v) is 17.3. The Bertz CT molecular complexity index is 1140. The van der Waals surface area contributed by atoms with Crippen LogP contribution in [-0.2, 0) is 20.9 Å². The monoisotopic (exact) mass is 456 g/mol. The van der Waals surface area contributed by atoms with E-state index in [0.717, 1.165) is 0 Å². The van der Waals surface area contributed by atoms with Gasteiger partial charge in [0.05, 0.1) is 32.7 Å². The third kappa shape index (κ3) is 4.93. The average molecular weight is 458 g/mol. The van der Waals surface area contributed by atoms with Gasteiger partial charge in [-0.2, -0.15) is 0 Å². The van der Waals surface area contributed by atoms with Crippen LogP contribution in [0.15, 0.2) is 45.6 Å². The van der Waals surface area contributed by atoms with Gasteiger partial charge in [-0.05, 0) is 31.2 Å². The minimum absolute atomic E-state index is 0.0572. The normalized spacial score (nSPS) is 12.0. The molecule has 1 amide bonds. The molecule has 1 unspecified atom stereocenters. The lowest BCUT2D eigenvalue weighted by atomic mass is 10.3. The van der Waals surface area contributed by atoms with Crippen molar-refractivity contribution in [3.05, 3.63) is 62.0 Å². The number of anilines is 1. The molecule has 1 heterocycles. The van der Waals surface area contributed by atoms with Crippen molar-refractivity contribution in [3.63, 3.8) is 0 Å². The number of amides is 1. The predicted molar refractivity (Wildman–Crippen MR) is 111 cm³/mol. The smallest absolute Gasteiger partial charge is 0.419 e. The minimum atomic E-state index is -1.09. The molecule has 0 saturated carbocycles. The van der Waals surface area contributed by atoms with Crippen LogP contribution in [0, 0.1) is 0 Å². The number of hydrogen-bond acceptors (Lipinski definition) is 5. The number of carbonyl (C=O) groups is 2. The molecule has 1 atom stereocenters. The van der Waals surface area contributed by atoms with E-state index >= 15 is 0 Å². The van der Waals surface area contributed by atoms with Crippen LogP contribution in [0.1, 0.15) is 13.3 Å². The molecular formula is C19H15Cl3N2O5. The zero-order valence-electron chi connectivity index (χ0n) is 15.1. The Balaban J connectivity index is 1.59. The fourth-order valence-electron chi connectivity index (χ4n) is 2.59. The second-order valence-electron chi connectivity index (χ2n) is 6.10. The van der Waals surface area contributed by atoms with Crippen LogP contribution >= 0.6 is 34.8 Å². The maximum Gasteiger partial charge on any atom is 0.419 e. The molecule has 0 bridgehead atoms. The Kier molecular flexibility index (Phi) is 6.52. The lowest BCUT2D eigenvalue weighted by molar-refractivity contribution is -0.153. The van der Waals surface area contributed by atoms with Crippen LogP contribution < -0.4 is 11.1 Å². The molecule has 0 saturated heterocycles. The molecule has 7 nitrogen and oxygen atoms in total. The highest BCUT2D eigenvalue weighted by Gasteiger charge is 2.20. The van der Waals surface area contributed by atoms with Gasteiger partial charge in [-0.1, -0.05) is 46.9 Å². The largest absolute Gasteiger partial charge is 0.452 e. The molecule has 3 aromatic rings. The van der Waals surface area contributed by atoms with Gasteiger partial charge in [0.1, 0.15) is 0 Å². The fraction of sp³-hybridized carbons (Fsp3) is 0.211. The first-order valence-electron chi connectivity index (χ1n) is 8.49. The number of oxazole rings is 1. The van der Waals surface area contributed by atoms with Gasteiger partial charge in [0.25, 0.3) is 5.91 Å². The number of esters is 1. The van der Waals surface area contributed by atoms with Crippen LogP contribution in [0.5, 0.6) is 0 Å². The van der Waals surface area contributed by atoms with Gasteiger partial charge in [-0.3, -0.25) is 14.2 Å². The summed E-state index contributed by atoms with van der Waals surface area (Å²) in [5.41, 5.74) is 1.24. The van der Waals surface area contributed by atoms with E-state index in [1.54, 1.807) is 24.3 Å². The number of nitrogens with one attached hydrogen (secondary N) is 1. The van der Waals surface area contributed by atoms with Gasteiger partial charge in [-0.15, -0.1) is 0 Å². The zero-order chi connectivity index (χ0) is 21.1. The van der Waals surface area contributed by atoms with Gasteiger partial charge < -0.3 is 14.5 Å². The number of hydrogen-bond donors (Lipinski definition) is 1. The number of benzene rings is 2. The summed E-state index contributed by atoms with van der Waals surface area (Å²) in [5, 5.41) is 3.18. The first-order valence-corrected chi connectivity index (χ1v) is 9.63. The Labute approximate surface area is 180 Å². The molecule has 3 rings (SSSR count). The number of fused-ring (bicyclic) bond motifs is 1. The first kappa shape index (κ1) is 21.2. The van der Waals surface area contributed by atoms with Crippen molar-refractivity contribution in [1.82, 2.24) is 4.57 Å². The summed E-state index contributed by atoms with van der Waals surface area (Å²) >= 11 is 17.8. The molecule has 2 aromatic carbocycles. The summed E-state index contributed by atoms with van der Waals surface area (Å²) in [5.74, 6) is -1.81. The highest BCUT2D eigenvalue weighted by molar-refractivity contribution is 6.44. The number of halogens is 3. The van der Waals surface area contributed by atoms with Crippen molar-refractivity contribution >= 4 is 63.5 Å². The molecule has 1 N–H and O–H groups in total. The van der Waals surface area contributed by atoms with E-state index in [1.807, 2.05) is 0 Å². The van der Waals surface area contributed by atoms with Gasteiger partial charge in [0.2, 0.25) is 0 Å². The Morgan fingerprint density at radius 3 is 2.59 bits per heavy atom. The van der Waals surface area contributed by atoms with E-state index in [-0.39, 0.29) is 33.7 Å². The second kappa shape index (κ2) is 8.90. The number of nitrogens with zero attached hydrogens (tertiary/aromatic N) is 1. The fourth-order valence-corrected chi connectivity index (χ4v) is 3.19. The summed E-state index contributed by atoms with van der Waals surface area (Å²) in [6.45, 7) is 1.47. The van der Waals surface area contributed by atoms with Crippen molar-refractivity contribution in [3.8, 4) is 0 Å². The van der Waals surface area contributed by atoms with E-state index in [2.05, 4.69) is 5.32 Å². The van der Waals surface area contributed by atoms with E-state index in [9.17, 15) is 14.4 Å². The average Bonchev–Trinajstić information content (AvgIpc) is 2.99. The van der Waals surface area contributed by atoms with Crippen molar-refractivity contribution in [1.29, 1.82) is 0 Å². The standard InChI is InChI=1S/C19H15Cl3N2O5/c1-10(18(26)23-14-9-12(21)11(20)8-13(14)22)28-17(25)6-7-24-15-4-2-3-5-16(15)29-19(24)27/h2-5,8-10H,6-7H2,1H3,(H,23,26). The molecule has 29 heavy (non-hydrogen) atoms. The molecule has 0 aliphatic carbocycles. The van der Waals surface area contributed by atoms with Gasteiger partial charge in [0, 0.05) is 6.54 Å². The Morgan fingerprint density at radius 2 is 1.83 bits per heavy atom. The van der Waals surface area contributed by atoms with Crippen LogP contribution in [0.4, 0.5) is 5.69 Å².